The van der Waals surface area contributed by atoms with E-state index in [1.807, 2.05) is 49.4 Å². The molecule has 1 aromatic carbocycles. The molecule has 1 radical (unpaired) electrons. The number of hydrogen-bond acceptors (Lipinski definition) is 2. The zero-order valence-electron chi connectivity index (χ0n) is 8.51. The Morgan fingerprint density at radius 1 is 1.13 bits per heavy atom. The lowest BCUT2D eigenvalue weighted by molar-refractivity contribution is 1.09. The van der Waals surface area contributed by atoms with E-state index in [0.717, 1.165) is 17.0 Å². The van der Waals surface area contributed by atoms with E-state index in [9.17, 15) is 0 Å². The van der Waals surface area contributed by atoms with Gasteiger partial charge in [-0.05, 0) is 30.7 Å². The second kappa shape index (κ2) is 4.51. The van der Waals surface area contributed by atoms with Crippen LogP contribution in [0, 0.1) is 13.0 Å². The molecule has 0 spiro atoms. The molecule has 0 aliphatic heterocycles. The molecule has 73 valence electrons. The molecule has 2 heteroatoms. The number of hydrogen-bond donors (Lipinski definition) is 0. The normalized spacial score (nSPS) is 10.7. The smallest absolute Gasteiger partial charge is 0.116 e. The van der Waals surface area contributed by atoms with E-state index in [4.69, 9.17) is 0 Å². The molecule has 0 bridgehead atoms. The van der Waals surface area contributed by atoms with Gasteiger partial charge in [-0.15, -0.1) is 0 Å². The third-order valence-electron chi connectivity index (χ3n) is 2.02. The van der Waals surface area contributed by atoms with Crippen molar-refractivity contribution in [1.29, 1.82) is 0 Å². The SMILES string of the molecule is Cc1cc(C=Cc2cc[c]cc2)ncn1. The molecule has 0 aliphatic rings. The van der Waals surface area contributed by atoms with Gasteiger partial charge in [0.05, 0.1) is 5.69 Å². The fourth-order valence-electron chi connectivity index (χ4n) is 1.26. The number of benzene rings is 1. The Balaban J connectivity index is 2.19. The highest BCUT2D eigenvalue weighted by Crippen LogP contribution is 2.05. The zero-order valence-corrected chi connectivity index (χ0v) is 8.51. The van der Waals surface area contributed by atoms with Gasteiger partial charge in [-0.1, -0.05) is 30.3 Å². The summed E-state index contributed by atoms with van der Waals surface area (Å²) in [4.78, 5) is 8.19. The minimum atomic E-state index is 0.926. The summed E-state index contributed by atoms with van der Waals surface area (Å²) >= 11 is 0. The summed E-state index contributed by atoms with van der Waals surface area (Å²) in [7, 11) is 0. The van der Waals surface area contributed by atoms with Crippen molar-refractivity contribution in [2.75, 3.05) is 0 Å². The van der Waals surface area contributed by atoms with Crippen LogP contribution in [0.5, 0.6) is 0 Å². The highest BCUT2D eigenvalue weighted by atomic mass is 14.8. The van der Waals surface area contributed by atoms with Crippen molar-refractivity contribution in [3.05, 3.63) is 59.7 Å². The van der Waals surface area contributed by atoms with Gasteiger partial charge < -0.3 is 0 Å². The van der Waals surface area contributed by atoms with Crippen molar-refractivity contribution in [2.24, 2.45) is 0 Å². The lowest BCUT2D eigenvalue weighted by atomic mass is 10.2. The molecule has 1 heterocycles. The average molecular weight is 195 g/mol. The first-order chi connectivity index (χ1) is 7.34. The molecule has 15 heavy (non-hydrogen) atoms. The molecule has 1 aromatic heterocycles. The van der Waals surface area contributed by atoms with Crippen LogP contribution in [0.4, 0.5) is 0 Å². The summed E-state index contributed by atoms with van der Waals surface area (Å²) in [6, 6.07) is 12.7. The molecule has 0 amide bonds. The summed E-state index contributed by atoms with van der Waals surface area (Å²) in [5.41, 5.74) is 3.05. The van der Waals surface area contributed by atoms with Crippen LogP contribution < -0.4 is 0 Å². The number of rotatable bonds is 2. The molecule has 0 unspecified atom stereocenters. The van der Waals surface area contributed by atoms with Crippen LogP contribution >= 0.6 is 0 Å². The monoisotopic (exact) mass is 195 g/mol. The minimum absolute atomic E-state index is 0.926. The summed E-state index contributed by atoms with van der Waals surface area (Å²) in [5, 5.41) is 0. The van der Waals surface area contributed by atoms with Crippen molar-refractivity contribution in [2.45, 2.75) is 6.92 Å². The van der Waals surface area contributed by atoms with Crippen molar-refractivity contribution < 1.29 is 0 Å². The Morgan fingerprint density at radius 3 is 2.67 bits per heavy atom. The predicted molar refractivity (Wildman–Crippen MR) is 61.0 cm³/mol. The van der Waals surface area contributed by atoms with E-state index in [-0.39, 0.29) is 0 Å². The first-order valence-corrected chi connectivity index (χ1v) is 4.77. The molecule has 0 saturated carbocycles. The van der Waals surface area contributed by atoms with Gasteiger partial charge in [0.1, 0.15) is 6.33 Å². The van der Waals surface area contributed by atoms with Crippen molar-refractivity contribution in [1.82, 2.24) is 9.97 Å². The van der Waals surface area contributed by atoms with Gasteiger partial charge in [-0.25, -0.2) is 9.97 Å². The van der Waals surface area contributed by atoms with E-state index in [1.165, 1.54) is 0 Å². The van der Waals surface area contributed by atoms with Crippen LogP contribution in [0.2, 0.25) is 0 Å². The van der Waals surface area contributed by atoms with Gasteiger partial charge in [0.25, 0.3) is 0 Å². The number of aromatic nitrogens is 2. The minimum Gasteiger partial charge on any atom is -0.242 e. The van der Waals surface area contributed by atoms with Crippen molar-refractivity contribution >= 4 is 12.2 Å². The second-order valence-corrected chi connectivity index (χ2v) is 3.25. The second-order valence-electron chi connectivity index (χ2n) is 3.25. The van der Waals surface area contributed by atoms with E-state index in [0.29, 0.717) is 0 Å². The molecular formula is C13H11N2. The van der Waals surface area contributed by atoms with E-state index < -0.39 is 0 Å². The fourth-order valence-corrected chi connectivity index (χ4v) is 1.26. The summed E-state index contributed by atoms with van der Waals surface area (Å²) < 4.78 is 0. The van der Waals surface area contributed by atoms with Crippen molar-refractivity contribution in [3.8, 4) is 0 Å². The quantitative estimate of drug-likeness (QED) is 0.736. The van der Waals surface area contributed by atoms with Crippen LogP contribution in [-0.4, -0.2) is 9.97 Å². The van der Waals surface area contributed by atoms with Gasteiger partial charge in [0.15, 0.2) is 0 Å². The molecule has 2 aromatic rings. The molecule has 0 fully saturated rings. The molecular weight excluding hydrogens is 184 g/mol. The van der Waals surface area contributed by atoms with Gasteiger partial charge in [-0.2, -0.15) is 0 Å². The maximum absolute atomic E-state index is 4.15. The summed E-state index contributed by atoms with van der Waals surface area (Å²) in [6.45, 7) is 1.95. The maximum Gasteiger partial charge on any atom is 0.116 e. The van der Waals surface area contributed by atoms with Crippen LogP contribution in [0.25, 0.3) is 12.2 Å². The molecule has 0 N–H and O–H groups in total. The van der Waals surface area contributed by atoms with Gasteiger partial charge in [0.2, 0.25) is 0 Å². The highest BCUT2D eigenvalue weighted by Gasteiger charge is 1.90. The molecule has 0 saturated heterocycles. The largest absolute Gasteiger partial charge is 0.242 e. The van der Waals surface area contributed by atoms with Crippen LogP contribution in [0.3, 0.4) is 0 Å². The lowest BCUT2D eigenvalue weighted by Crippen LogP contribution is -1.85. The third-order valence-corrected chi connectivity index (χ3v) is 2.02. The Morgan fingerprint density at radius 2 is 1.93 bits per heavy atom. The average Bonchev–Trinajstić information content (AvgIpc) is 2.28. The molecule has 2 rings (SSSR count). The predicted octanol–water partition coefficient (Wildman–Crippen LogP) is 2.76. The standard InChI is InChI=1S/C13H11N2/c1-11-9-13(15-10-14-11)8-7-12-5-3-2-4-6-12/h3-10H,1H3. The first kappa shape index (κ1) is 9.59. The van der Waals surface area contributed by atoms with Gasteiger partial charge in [-0.3, -0.25) is 0 Å². The van der Waals surface area contributed by atoms with Crippen LogP contribution in [0.15, 0.2) is 36.7 Å². The van der Waals surface area contributed by atoms with Crippen molar-refractivity contribution in [3.63, 3.8) is 0 Å². The summed E-state index contributed by atoms with van der Waals surface area (Å²) in [5.74, 6) is 0. The zero-order chi connectivity index (χ0) is 10.5. The van der Waals surface area contributed by atoms with Gasteiger partial charge in [0, 0.05) is 5.69 Å². The Bertz CT molecular complexity index is 461. The Kier molecular flexibility index (Phi) is 2.88. The van der Waals surface area contributed by atoms with Crippen LogP contribution in [-0.2, 0) is 0 Å². The summed E-state index contributed by atoms with van der Waals surface area (Å²) in [6.07, 6.45) is 5.58. The Labute approximate surface area is 89.3 Å². The third kappa shape index (κ3) is 2.74. The molecule has 0 atom stereocenters. The Hall–Kier alpha value is -1.96. The van der Waals surface area contributed by atoms with E-state index in [1.54, 1.807) is 6.33 Å². The van der Waals surface area contributed by atoms with E-state index in [2.05, 4.69) is 16.0 Å². The fraction of sp³-hybridized carbons (Fsp3) is 0.0769. The first-order valence-electron chi connectivity index (χ1n) is 4.77. The topological polar surface area (TPSA) is 25.8 Å². The highest BCUT2D eigenvalue weighted by molar-refractivity contribution is 5.67. The molecule has 2 nitrogen and oxygen atoms in total. The lowest BCUT2D eigenvalue weighted by Gasteiger charge is -1.94. The maximum atomic E-state index is 4.15. The number of aryl methyl sites for hydroxylation is 1. The van der Waals surface area contributed by atoms with Crippen LogP contribution in [0.1, 0.15) is 17.0 Å². The number of nitrogens with zero attached hydrogens (tertiary/aromatic N) is 2. The van der Waals surface area contributed by atoms with E-state index >= 15 is 0 Å². The van der Waals surface area contributed by atoms with Gasteiger partial charge >= 0.3 is 0 Å². The molecule has 0 aliphatic carbocycles.